The normalized spacial score (nSPS) is 15.5. The van der Waals surface area contributed by atoms with E-state index in [4.69, 9.17) is 15.6 Å². The van der Waals surface area contributed by atoms with Gasteiger partial charge in [-0.15, -0.1) is 0 Å². The van der Waals surface area contributed by atoms with Crippen LogP contribution in [0.3, 0.4) is 0 Å². The summed E-state index contributed by atoms with van der Waals surface area (Å²) in [6.45, 7) is 6.31. The van der Waals surface area contributed by atoms with Gasteiger partial charge in [-0.3, -0.25) is 33.6 Å². The number of nitrogens with zero attached hydrogens (tertiary/aromatic N) is 1. The van der Waals surface area contributed by atoms with Gasteiger partial charge in [0.25, 0.3) is 0 Å². The number of carbonyl (C=O) groups is 8. The van der Waals surface area contributed by atoms with E-state index in [1.54, 1.807) is 54.6 Å². The molecule has 5 rings (SSSR count). The van der Waals surface area contributed by atoms with Gasteiger partial charge in [-0.05, 0) is 68.2 Å². The predicted octanol–water partition coefficient (Wildman–Crippen LogP) is 3.21. The summed E-state index contributed by atoms with van der Waals surface area (Å²) in [5, 5.41) is 30.8. The number of phenolic OH excluding ortho intramolecular Hbond substituents is 1. The fraction of sp³-hybridized carbons (Fsp3) is 0.435. The van der Waals surface area contributed by atoms with Crippen LogP contribution in [0.15, 0.2) is 66.7 Å². The van der Waals surface area contributed by atoms with Crippen molar-refractivity contribution in [2.75, 3.05) is 31.5 Å². The van der Waals surface area contributed by atoms with Crippen LogP contribution >= 0.6 is 0 Å². The Bertz CT molecular complexity index is 2250. The van der Waals surface area contributed by atoms with Gasteiger partial charge >= 0.3 is 12.1 Å². The number of alkyl halides is 3. The van der Waals surface area contributed by atoms with E-state index in [2.05, 4.69) is 26.6 Å². The van der Waals surface area contributed by atoms with E-state index >= 15 is 0 Å². The van der Waals surface area contributed by atoms with E-state index in [-0.39, 0.29) is 41.5 Å². The number of hydrogen-bond donors (Lipinski definition) is 8. The van der Waals surface area contributed by atoms with Crippen LogP contribution in [0.2, 0.25) is 0 Å². The number of rotatable bonds is 19. The molecule has 20 heteroatoms. The fourth-order valence-corrected chi connectivity index (χ4v) is 7.48. The molecule has 0 radical (unpaired) electrons. The molecule has 1 heterocycles. The Morgan fingerprint density at radius 2 is 1.47 bits per heavy atom. The van der Waals surface area contributed by atoms with Crippen LogP contribution in [0.25, 0.3) is 0 Å². The molecular formula is C46H56F3N7O10. The SMILES string of the molecule is CCC[C@H](NC(=O)[C@@H](N)Cc1ccc(O)cc1)C(=O)NCC(=O)N[C@@H](CC(C)C)C(=O)N1CCC[C@H]1C(=O)NCCCNc1cccc2c1C(=O)c1ccccc1C2=O.O=C(O)C(F)(F)F. The number of fused-ring (bicyclic) bond motifs is 2. The van der Waals surface area contributed by atoms with Gasteiger partial charge in [0.05, 0.1) is 18.2 Å². The molecule has 1 saturated heterocycles. The minimum Gasteiger partial charge on any atom is -0.508 e. The first kappa shape index (κ1) is 51.8. The standard InChI is InChI=1S/C44H55N7O8.C2HF3O2/c1-4-10-34(50-41(56)32(45)24-27-16-18-28(52)19-17-27)42(57)48-25-37(53)49-35(23-26(2)3)44(59)51-22-8-15-36(51)43(58)47-21-9-20-46-33-14-7-13-31-38(33)40(55)30-12-6-5-11-29(30)39(31)54;3-2(4,5)1(6)7/h5-7,11-14,16-19,26,32,34-36,46,52H,4,8-10,15,20-25,45H2,1-3H3,(H,47,58)(H,48,57)(H,49,53)(H,50,56);(H,6,7)/t32-,34-,35-,36-;/m0./s1. The summed E-state index contributed by atoms with van der Waals surface area (Å²) in [4.78, 5) is 103. The maximum Gasteiger partial charge on any atom is 0.490 e. The molecule has 4 atom stereocenters. The van der Waals surface area contributed by atoms with Gasteiger partial charge in [0.1, 0.15) is 23.9 Å². The van der Waals surface area contributed by atoms with Crippen molar-refractivity contribution in [2.45, 2.75) is 96.1 Å². The highest BCUT2D eigenvalue weighted by atomic mass is 19.4. The molecule has 17 nitrogen and oxygen atoms in total. The van der Waals surface area contributed by atoms with E-state index in [9.17, 15) is 51.8 Å². The number of nitrogens with one attached hydrogen (secondary N) is 5. The van der Waals surface area contributed by atoms with Crippen molar-refractivity contribution < 1.29 is 61.7 Å². The average Bonchev–Trinajstić information content (AvgIpc) is 3.77. The molecule has 0 unspecified atom stereocenters. The van der Waals surface area contributed by atoms with Gasteiger partial charge in [-0.25, -0.2) is 4.79 Å². The number of carboxylic acids is 1. The van der Waals surface area contributed by atoms with E-state index in [0.717, 1.165) is 5.56 Å². The van der Waals surface area contributed by atoms with Crippen molar-refractivity contribution in [1.29, 1.82) is 0 Å². The van der Waals surface area contributed by atoms with E-state index in [1.807, 2.05) is 20.8 Å². The molecule has 1 fully saturated rings. The van der Waals surface area contributed by atoms with E-state index < -0.39 is 60.6 Å². The van der Waals surface area contributed by atoms with Gasteiger partial charge < -0.3 is 47.4 Å². The third-order valence-corrected chi connectivity index (χ3v) is 10.7. The molecule has 2 aliphatic rings. The molecular weight excluding hydrogens is 868 g/mol. The zero-order valence-electron chi connectivity index (χ0n) is 36.8. The number of benzene rings is 3. The quantitative estimate of drug-likeness (QED) is 0.0631. The Morgan fingerprint density at radius 3 is 2.09 bits per heavy atom. The lowest BCUT2D eigenvalue weighted by molar-refractivity contribution is -0.192. The first-order valence-electron chi connectivity index (χ1n) is 21.6. The van der Waals surface area contributed by atoms with Gasteiger partial charge in [0, 0.05) is 42.0 Å². The van der Waals surface area contributed by atoms with E-state index in [0.29, 0.717) is 86.1 Å². The second-order valence-electron chi connectivity index (χ2n) is 16.3. The number of carboxylic acid groups (broad SMARTS) is 1. The molecule has 0 saturated carbocycles. The molecule has 66 heavy (non-hydrogen) atoms. The molecule has 1 aliphatic heterocycles. The Hall–Kier alpha value is -6.83. The minimum absolute atomic E-state index is 0.0227. The van der Waals surface area contributed by atoms with Crippen LogP contribution in [0, 0.1) is 5.92 Å². The lowest BCUT2D eigenvalue weighted by atomic mass is 9.83. The Balaban J connectivity index is 0.00000126. The summed E-state index contributed by atoms with van der Waals surface area (Å²) in [6.07, 6.45) is -2.12. The molecule has 3 aromatic rings. The number of hydrogen-bond acceptors (Lipinski definition) is 11. The monoisotopic (exact) mass is 923 g/mol. The number of halogens is 3. The molecule has 5 amide bonds. The van der Waals surface area contributed by atoms with Gasteiger partial charge in [-0.1, -0.05) is 75.7 Å². The lowest BCUT2D eigenvalue weighted by Crippen LogP contribution is -2.56. The molecule has 1 aliphatic carbocycles. The number of carbonyl (C=O) groups excluding carboxylic acids is 7. The number of aliphatic carboxylic acids is 1. The maximum atomic E-state index is 13.9. The summed E-state index contributed by atoms with van der Waals surface area (Å²) < 4.78 is 31.7. The molecule has 9 N–H and O–H groups in total. The highest BCUT2D eigenvalue weighted by Gasteiger charge is 2.39. The summed E-state index contributed by atoms with van der Waals surface area (Å²) >= 11 is 0. The highest BCUT2D eigenvalue weighted by molar-refractivity contribution is 6.30. The summed E-state index contributed by atoms with van der Waals surface area (Å²) in [5.41, 5.74) is 8.82. The summed E-state index contributed by atoms with van der Waals surface area (Å²) in [6, 6.07) is 14.7. The van der Waals surface area contributed by atoms with Gasteiger partial charge in [-0.2, -0.15) is 13.2 Å². The van der Waals surface area contributed by atoms with Crippen LogP contribution in [-0.2, 0) is 35.2 Å². The van der Waals surface area contributed by atoms with Crippen LogP contribution < -0.4 is 32.3 Å². The fourth-order valence-electron chi connectivity index (χ4n) is 7.48. The zero-order chi connectivity index (χ0) is 48.7. The van der Waals surface area contributed by atoms with Crippen LogP contribution in [0.5, 0.6) is 5.75 Å². The predicted molar refractivity (Wildman–Crippen MR) is 235 cm³/mol. The Morgan fingerprint density at radius 1 is 0.833 bits per heavy atom. The highest BCUT2D eigenvalue weighted by Crippen LogP contribution is 2.32. The van der Waals surface area contributed by atoms with Crippen molar-refractivity contribution in [3.05, 3.63) is 94.5 Å². The average molecular weight is 924 g/mol. The summed E-state index contributed by atoms with van der Waals surface area (Å²) in [7, 11) is 0. The van der Waals surface area contributed by atoms with Crippen LogP contribution in [0.4, 0.5) is 18.9 Å². The van der Waals surface area contributed by atoms with Gasteiger partial charge in [0.2, 0.25) is 29.5 Å². The van der Waals surface area contributed by atoms with Crippen LogP contribution in [0.1, 0.15) is 96.7 Å². The lowest BCUT2D eigenvalue weighted by Gasteiger charge is -2.29. The van der Waals surface area contributed by atoms with Crippen molar-refractivity contribution in [1.82, 2.24) is 26.2 Å². The van der Waals surface area contributed by atoms with Crippen molar-refractivity contribution in [3.8, 4) is 5.75 Å². The van der Waals surface area contributed by atoms with Crippen molar-refractivity contribution in [3.63, 3.8) is 0 Å². The largest absolute Gasteiger partial charge is 0.508 e. The molecule has 0 aromatic heterocycles. The smallest absolute Gasteiger partial charge is 0.490 e. The number of likely N-dealkylation sites (tertiary alicyclic amines) is 1. The molecule has 356 valence electrons. The zero-order valence-corrected chi connectivity index (χ0v) is 36.8. The van der Waals surface area contributed by atoms with Crippen molar-refractivity contribution >= 4 is 52.8 Å². The number of amides is 5. The number of ketones is 2. The Labute approximate surface area is 379 Å². The summed E-state index contributed by atoms with van der Waals surface area (Å²) in [5.74, 6) is -5.45. The first-order chi connectivity index (χ1) is 31.2. The number of anilines is 1. The first-order valence-corrected chi connectivity index (χ1v) is 21.6. The third kappa shape index (κ3) is 14.3. The van der Waals surface area contributed by atoms with E-state index in [1.165, 1.54) is 17.0 Å². The molecule has 0 bridgehead atoms. The number of phenols is 1. The topological polar surface area (TPSA) is 266 Å². The second-order valence-corrected chi connectivity index (χ2v) is 16.3. The van der Waals surface area contributed by atoms with Gasteiger partial charge in [0.15, 0.2) is 11.6 Å². The van der Waals surface area contributed by atoms with Crippen molar-refractivity contribution in [2.24, 2.45) is 11.7 Å². The van der Waals surface area contributed by atoms with Crippen LogP contribution in [-0.4, -0.2) is 119 Å². The molecule has 3 aromatic carbocycles. The minimum atomic E-state index is -5.08. The second kappa shape index (κ2) is 23.9. The third-order valence-electron chi connectivity index (χ3n) is 10.7. The maximum absolute atomic E-state index is 13.9. The number of aromatic hydroxyl groups is 1. The number of nitrogens with two attached hydrogens (primary N) is 1. The molecule has 0 spiro atoms. The Kier molecular flexibility index (Phi) is 18.8.